The van der Waals surface area contributed by atoms with Crippen molar-refractivity contribution < 1.29 is 27.5 Å². The maximum atomic E-state index is 12.7. The van der Waals surface area contributed by atoms with E-state index < -0.39 is 40.3 Å². The van der Waals surface area contributed by atoms with E-state index in [1.165, 1.54) is 10.4 Å². The number of fused-ring (bicyclic) bond motifs is 1. The Bertz CT molecular complexity index is 1210. The number of amides is 1. The van der Waals surface area contributed by atoms with Crippen LogP contribution in [0.1, 0.15) is 52.6 Å². The number of carbonyl (C=O) groups excluding carboxylic acids is 3. The molecule has 1 N–H and O–H groups in total. The third-order valence-electron chi connectivity index (χ3n) is 5.79. The van der Waals surface area contributed by atoms with Gasteiger partial charge in [-0.1, -0.05) is 31.5 Å². The fraction of sp³-hybridized carbons (Fsp3) is 0.400. The Morgan fingerprint density at radius 3 is 2.47 bits per heavy atom. The largest absolute Gasteiger partial charge is 0.456 e. The van der Waals surface area contributed by atoms with Gasteiger partial charge in [-0.2, -0.15) is 0 Å². The van der Waals surface area contributed by atoms with Gasteiger partial charge in [-0.15, -0.1) is 0 Å². The minimum Gasteiger partial charge on any atom is -0.456 e. The van der Waals surface area contributed by atoms with Gasteiger partial charge in [0.1, 0.15) is 6.04 Å². The predicted molar refractivity (Wildman–Crippen MR) is 130 cm³/mol. The number of ketones is 1. The van der Waals surface area contributed by atoms with Gasteiger partial charge >= 0.3 is 5.97 Å². The molecule has 1 aliphatic rings. The minimum atomic E-state index is -3.37. The second-order valence-electron chi connectivity index (χ2n) is 8.66. The molecule has 1 unspecified atom stereocenters. The first kappa shape index (κ1) is 25.4. The van der Waals surface area contributed by atoms with Crippen molar-refractivity contribution in [3.05, 3.63) is 64.7 Å². The molecule has 1 atom stereocenters. The highest BCUT2D eigenvalue weighted by Crippen LogP contribution is 2.31. The summed E-state index contributed by atoms with van der Waals surface area (Å²) in [5.74, 6) is -1.73. The SMILES string of the molecule is CCS(=O)(=O)N1CCc2cc(C(=O)COC(=O)C(NC(=O)c3cccc(C)c3)C(C)C)ccc21. The van der Waals surface area contributed by atoms with Crippen molar-refractivity contribution in [3.63, 3.8) is 0 Å². The average molecular weight is 487 g/mol. The highest BCUT2D eigenvalue weighted by molar-refractivity contribution is 7.92. The van der Waals surface area contributed by atoms with Crippen molar-refractivity contribution in [2.75, 3.05) is 23.2 Å². The van der Waals surface area contributed by atoms with Gasteiger partial charge in [-0.3, -0.25) is 13.9 Å². The van der Waals surface area contributed by atoms with Crippen LogP contribution in [0.15, 0.2) is 42.5 Å². The molecule has 182 valence electrons. The summed E-state index contributed by atoms with van der Waals surface area (Å²) >= 11 is 0. The molecule has 0 saturated carbocycles. The lowest BCUT2D eigenvalue weighted by Gasteiger charge is -2.21. The number of rotatable bonds is 9. The van der Waals surface area contributed by atoms with Crippen LogP contribution in [0.3, 0.4) is 0 Å². The zero-order valence-electron chi connectivity index (χ0n) is 19.8. The number of benzene rings is 2. The highest BCUT2D eigenvalue weighted by Gasteiger charge is 2.30. The average Bonchev–Trinajstić information content (AvgIpc) is 3.24. The Morgan fingerprint density at radius 2 is 1.82 bits per heavy atom. The summed E-state index contributed by atoms with van der Waals surface area (Å²) in [5, 5.41) is 2.69. The number of sulfonamides is 1. The lowest BCUT2D eigenvalue weighted by Crippen LogP contribution is -2.45. The number of esters is 1. The molecule has 0 fully saturated rings. The van der Waals surface area contributed by atoms with E-state index >= 15 is 0 Å². The van der Waals surface area contributed by atoms with E-state index in [-0.39, 0.29) is 11.7 Å². The molecule has 1 amide bonds. The molecule has 34 heavy (non-hydrogen) atoms. The van der Waals surface area contributed by atoms with Crippen LogP contribution < -0.4 is 9.62 Å². The number of aryl methyl sites for hydroxylation is 1. The van der Waals surface area contributed by atoms with Crippen LogP contribution in [0.4, 0.5) is 5.69 Å². The maximum absolute atomic E-state index is 12.7. The summed E-state index contributed by atoms with van der Waals surface area (Å²) in [6.45, 7) is 6.89. The Hall–Kier alpha value is -3.20. The molecule has 0 radical (unpaired) electrons. The molecule has 3 rings (SSSR count). The molecular weight excluding hydrogens is 456 g/mol. The molecular formula is C25H30N2O6S. The fourth-order valence-corrected chi connectivity index (χ4v) is 4.97. The minimum absolute atomic E-state index is 0.000505. The number of nitrogens with one attached hydrogen (secondary N) is 1. The molecule has 2 aromatic carbocycles. The third kappa shape index (κ3) is 5.64. The van der Waals surface area contributed by atoms with Gasteiger partial charge in [0.15, 0.2) is 12.4 Å². The molecule has 9 heteroatoms. The summed E-state index contributed by atoms with van der Waals surface area (Å²) in [7, 11) is -3.37. The van der Waals surface area contributed by atoms with Crippen molar-refractivity contribution in [2.45, 2.75) is 40.2 Å². The van der Waals surface area contributed by atoms with Gasteiger partial charge in [0.05, 0.1) is 11.4 Å². The molecule has 2 aromatic rings. The molecule has 0 bridgehead atoms. The number of hydrogen-bond acceptors (Lipinski definition) is 6. The molecule has 0 saturated heterocycles. The fourth-order valence-electron chi connectivity index (χ4n) is 3.81. The number of nitrogens with zero attached hydrogens (tertiary/aromatic N) is 1. The number of hydrogen-bond donors (Lipinski definition) is 1. The van der Waals surface area contributed by atoms with Gasteiger partial charge in [0, 0.05) is 17.7 Å². The Kier molecular flexibility index (Phi) is 7.76. The Balaban J connectivity index is 1.64. The van der Waals surface area contributed by atoms with Crippen LogP contribution in [0, 0.1) is 12.8 Å². The lowest BCUT2D eigenvalue weighted by atomic mass is 10.0. The van der Waals surface area contributed by atoms with Gasteiger partial charge < -0.3 is 10.1 Å². The van der Waals surface area contributed by atoms with Crippen molar-refractivity contribution in [2.24, 2.45) is 5.92 Å². The zero-order valence-corrected chi connectivity index (χ0v) is 20.6. The first-order valence-corrected chi connectivity index (χ1v) is 12.8. The van der Waals surface area contributed by atoms with Crippen LogP contribution in [-0.2, 0) is 26.0 Å². The molecule has 8 nitrogen and oxygen atoms in total. The molecule has 0 aromatic heterocycles. The summed E-state index contributed by atoms with van der Waals surface area (Å²) in [5.41, 5.74) is 3.04. The van der Waals surface area contributed by atoms with Crippen LogP contribution >= 0.6 is 0 Å². The van der Waals surface area contributed by atoms with Crippen molar-refractivity contribution in [3.8, 4) is 0 Å². The second-order valence-corrected chi connectivity index (χ2v) is 10.8. The predicted octanol–water partition coefficient (Wildman–Crippen LogP) is 2.89. The first-order chi connectivity index (χ1) is 16.0. The number of Topliss-reactive ketones (excluding diaryl/α,β-unsaturated/α-hetero) is 1. The number of carbonyl (C=O) groups is 3. The van der Waals surface area contributed by atoms with E-state index in [1.54, 1.807) is 51.1 Å². The molecule has 1 heterocycles. The second kappa shape index (κ2) is 10.4. The van der Waals surface area contributed by atoms with E-state index in [9.17, 15) is 22.8 Å². The number of anilines is 1. The number of ether oxygens (including phenoxy) is 1. The first-order valence-electron chi connectivity index (χ1n) is 11.2. The standard InChI is InChI=1S/C25H30N2O6S/c1-5-34(31,32)27-12-11-18-14-19(9-10-21(18)27)22(28)15-33-25(30)23(16(2)3)26-24(29)20-8-6-7-17(4)13-20/h6-10,13-14,16,23H,5,11-12,15H2,1-4H3,(H,26,29). The zero-order chi connectivity index (χ0) is 25.0. The monoisotopic (exact) mass is 486 g/mol. The molecule has 0 spiro atoms. The summed E-state index contributed by atoms with van der Waals surface area (Å²) in [6.07, 6.45) is 0.510. The van der Waals surface area contributed by atoms with E-state index in [2.05, 4.69) is 5.32 Å². The third-order valence-corrected chi connectivity index (χ3v) is 7.57. The van der Waals surface area contributed by atoms with Gasteiger partial charge in [0.25, 0.3) is 5.91 Å². The van der Waals surface area contributed by atoms with Crippen LogP contribution in [0.2, 0.25) is 0 Å². The normalized spacial score (nSPS) is 14.0. The highest BCUT2D eigenvalue weighted by atomic mass is 32.2. The molecule has 0 aliphatic carbocycles. The van der Waals surface area contributed by atoms with Gasteiger partial charge in [-0.25, -0.2) is 13.2 Å². The van der Waals surface area contributed by atoms with Gasteiger partial charge in [-0.05, 0) is 62.1 Å². The topological polar surface area (TPSA) is 110 Å². The smallest absolute Gasteiger partial charge is 0.329 e. The van der Waals surface area contributed by atoms with E-state index in [0.29, 0.717) is 29.8 Å². The van der Waals surface area contributed by atoms with E-state index in [1.807, 2.05) is 13.0 Å². The van der Waals surface area contributed by atoms with Crippen molar-refractivity contribution >= 4 is 33.4 Å². The van der Waals surface area contributed by atoms with E-state index in [0.717, 1.165) is 11.1 Å². The lowest BCUT2D eigenvalue weighted by molar-refractivity contribution is -0.145. The Morgan fingerprint density at radius 1 is 1.09 bits per heavy atom. The summed E-state index contributed by atoms with van der Waals surface area (Å²) < 4.78 is 31.1. The van der Waals surface area contributed by atoms with Crippen molar-refractivity contribution in [1.29, 1.82) is 0 Å². The quantitative estimate of drug-likeness (QED) is 0.431. The van der Waals surface area contributed by atoms with Crippen molar-refractivity contribution in [1.82, 2.24) is 5.32 Å². The Labute approximate surface area is 200 Å². The van der Waals surface area contributed by atoms with E-state index in [4.69, 9.17) is 4.74 Å². The summed E-state index contributed by atoms with van der Waals surface area (Å²) in [4.78, 5) is 37.9. The van der Waals surface area contributed by atoms with Crippen LogP contribution in [0.25, 0.3) is 0 Å². The van der Waals surface area contributed by atoms with Crippen LogP contribution in [0.5, 0.6) is 0 Å². The summed E-state index contributed by atoms with van der Waals surface area (Å²) in [6, 6.07) is 10.9. The maximum Gasteiger partial charge on any atom is 0.329 e. The molecule has 1 aliphatic heterocycles. The van der Waals surface area contributed by atoms with Crippen LogP contribution in [-0.4, -0.2) is 51.0 Å². The van der Waals surface area contributed by atoms with Gasteiger partial charge in [0.2, 0.25) is 10.0 Å².